The number of hydrogen-bond acceptors (Lipinski definition) is 1. The van der Waals surface area contributed by atoms with Crippen LogP contribution < -0.4 is 5.32 Å². The van der Waals surface area contributed by atoms with Crippen LogP contribution in [0.5, 0.6) is 0 Å². The van der Waals surface area contributed by atoms with Crippen LogP contribution in [0, 0.1) is 0 Å². The van der Waals surface area contributed by atoms with Crippen molar-refractivity contribution in [3.63, 3.8) is 0 Å². The van der Waals surface area contributed by atoms with Gasteiger partial charge in [0, 0.05) is 11.1 Å². The van der Waals surface area contributed by atoms with Crippen LogP contribution in [-0.4, -0.2) is 6.54 Å². The second-order valence-corrected chi connectivity index (χ2v) is 3.91. The van der Waals surface area contributed by atoms with Crippen molar-refractivity contribution >= 4 is 11.6 Å². The van der Waals surface area contributed by atoms with Crippen molar-refractivity contribution in [3.8, 4) is 0 Å². The molecule has 0 fully saturated rings. The highest BCUT2D eigenvalue weighted by Gasteiger charge is 2.07. The molecule has 1 N–H and O–H groups in total. The molecule has 14 heavy (non-hydrogen) atoms. The van der Waals surface area contributed by atoms with Crippen LogP contribution >= 0.6 is 11.6 Å². The van der Waals surface area contributed by atoms with Gasteiger partial charge in [0.2, 0.25) is 0 Å². The van der Waals surface area contributed by atoms with Crippen molar-refractivity contribution in [3.05, 3.63) is 34.9 Å². The molecule has 0 aliphatic heterocycles. The summed E-state index contributed by atoms with van der Waals surface area (Å²) in [6, 6.07) is 8.53. The number of rotatable bonds is 5. The van der Waals surface area contributed by atoms with E-state index in [9.17, 15) is 0 Å². The quantitative estimate of drug-likeness (QED) is 0.782. The maximum Gasteiger partial charge on any atom is 0.0409 e. The Bertz CT molecular complexity index is 273. The van der Waals surface area contributed by atoms with Gasteiger partial charge in [-0.05, 0) is 37.1 Å². The van der Waals surface area contributed by atoms with Gasteiger partial charge in [-0.25, -0.2) is 0 Å². The Morgan fingerprint density at radius 3 is 2.71 bits per heavy atom. The van der Waals surface area contributed by atoms with E-state index >= 15 is 0 Å². The number of halogens is 1. The van der Waals surface area contributed by atoms with Crippen molar-refractivity contribution in [2.45, 2.75) is 32.7 Å². The Hall–Kier alpha value is -0.530. The van der Waals surface area contributed by atoms with Gasteiger partial charge in [-0.15, -0.1) is 0 Å². The minimum absolute atomic E-state index is 0.439. The third-order valence-electron chi connectivity index (χ3n) is 2.30. The molecule has 0 heterocycles. The Balaban J connectivity index is 2.68. The third-order valence-corrected chi connectivity index (χ3v) is 2.54. The van der Waals surface area contributed by atoms with E-state index in [1.807, 2.05) is 18.2 Å². The molecule has 78 valence electrons. The van der Waals surface area contributed by atoms with E-state index in [4.69, 9.17) is 11.6 Å². The Morgan fingerprint density at radius 2 is 2.14 bits per heavy atom. The molecule has 0 aliphatic carbocycles. The van der Waals surface area contributed by atoms with Gasteiger partial charge in [0.15, 0.2) is 0 Å². The first-order valence-electron chi connectivity index (χ1n) is 5.26. The zero-order valence-corrected chi connectivity index (χ0v) is 9.64. The summed E-state index contributed by atoms with van der Waals surface area (Å²) in [4.78, 5) is 0. The lowest BCUT2D eigenvalue weighted by atomic mass is 10.0. The first kappa shape index (κ1) is 11.5. The summed E-state index contributed by atoms with van der Waals surface area (Å²) in [6.07, 6.45) is 2.26. The highest BCUT2D eigenvalue weighted by atomic mass is 35.5. The van der Waals surface area contributed by atoms with E-state index in [-0.39, 0.29) is 0 Å². The van der Waals surface area contributed by atoms with Gasteiger partial charge in [0.25, 0.3) is 0 Å². The van der Waals surface area contributed by atoms with Crippen LogP contribution in [0.4, 0.5) is 0 Å². The molecule has 1 nitrogen and oxygen atoms in total. The number of benzene rings is 1. The van der Waals surface area contributed by atoms with Crippen LogP contribution in [-0.2, 0) is 0 Å². The topological polar surface area (TPSA) is 12.0 Å². The summed E-state index contributed by atoms with van der Waals surface area (Å²) in [5, 5.41) is 4.32. The van der Waals surface area contributed by atoms with Crippen LogP contribution in [0.15, 0.2) is 24.3 Å². The number of nitrogens with one attached hydrogen (secondary N) is 1. The molecule has 0 bridgehead atoms. The summed E-state index contributed by atoms with van der Waals surface area (Å²) in [7, 11) is 0. The largest absolute Gasteiger partial charge is 0.310 e. The lowest BCUT2D eigenvalue weighted by Crippen LogP contribution is -2.21. The van der Waals surface area contributed by atoms with E-state index in [1.165, 1.54) is 5.56 Å². The molecule has 0 saturated heterocycles. The zero-order chi connectivity index (χ0) is 10.4. The predicted molar refractivity (Wildman–Crippen MR) is 62.8 cm³/mol. The van der Waals surface area contributed by atoms with Crippen LogP contribution in [0.2, 0.25) is 5.02 Å². The van der Waals surface area contributed by atoms with Crippen molar-refractivity contribution in [2.75, 3.05) is 6.54 Å². The first-order chi connectivity index (χ1) is 6.77. The summed E-state index contributed by atoms with van der Waals surface area (Å²) < 4.78 is 0. The zero-order valence-electron chi connectivity index (χ0n) is 8.89. The molecule has 1 atom stereocenters. The van der Waals surface area contributed by atoms with Crippen LogP contribution in [0.1, 0.15) is 38.3 Å². The van der Waals surface area contributed by atoms with Gasteiger partial charge in [0.1, 0.15) is 0 Å². The molecule has 1 rings (SSSR count). The van der Waals surface area contributed by atoms with Gasteiger partial charge in [0.05, 0.1) is 0 Å². The van der Waals surface area contributed by atoms with Gasteiger partial charge in [-0.3, -0.25) is 0 Å². The maximum atomic E-state index is 5.95. The Labute approximate surface area is 91.5 Å². The molecule has 0 amide bonds. The molecule has 1 aromatic rings. The summed E-state index contributed by atoms with van der Waals surface area (Å²) in [6.45, 7) is 5.43. The van der Waals surface area contributed by atoms with Crippen LogP contribution in [0.25, 0.3) is 0 Å². The minimum atomic E-state index is 0.439. The standard InChI is InChI=1S/C12H18ClN/c1-3-8-14-12(4-2)10-6-5-7-11(13)9-10/h5-7,9,12,14H,3-4,8H2,1-2H3. The molecule has 0 aliphatic rings. The van der Waals surface area contributed by atoms with Gasteiger partial charge in [-0.2, -0.15) is 0 Å². The second kappa shape index (κ2) is 6.05. The van der Waals surface area contributed by atoms with E-state index in [2.05, 4.69) is 25.2 Å². The summed E-state index contributed by atoms with van der Waals surface area (Å²) in [5.74, 6) is 0. The molecule has 0 aromatic heterocycles. The fraction of sp³-hybridized carbons (Fsp3) is 0.500. The predicted octanol–water partition coefficient (Wildman–Crippen LogP) is 3.79. The van der Waals surface area contributed by atoms with Gasteiger partial charge >= 0.3 is 0 Å². The smallest absolute Gasteiger partial charge is 0.0409 e. The minimum Gasteiger partial charge on any atom is -0.310 e. The molecule has 0 spiro atoms. The first-order valence-corrected chi connectivity index (χ1v) is 5.64. The monoisotopic (exact) mass is 211 g/mol. The van der Waals surface area contributed by atoms with Crippen molar-refractivity contribution in [1.29, 1.82) is 0 Å². The Morgan fingerprint density at radius 1 is 1.36 bits per heavy atom. The summed E-state index contributed by atoms with van der Waals surface area (Å²) in [5.41, 5.74) is 1.29. The highest BCUT2D eigenvalue weighted by molar-refractivity contribution is 6.30. The lowest BCUT2D eigenvalue weighted by Gasteiger charge is -2.17. The molecule has 1 unspecified atom stereocenters. The fourth-order valence-corrected chi connectivity index (χ4v) is 1.74. The molecule has 2 heteroatoms. The SMILES string of the molecule is CCCNC(CC)c1cccc(Cl)c1. The van der Waals surface area contributed by atoms with E-state index in [1.54, 1.807) is 0 Å². The third kappa shape index (κ3) is 3.32. The van der Waals surface area contributed by atoms with E-state index in [0.29, 0.717) is 6.04 Å². The molecule has 0 saturated carbocycles. The van der Waals surface area contributed by atoms with Gasteiger partial charge < -0.3 is 5.32 Å². The van der Waals surface area contributed by atoms with Crippen molar-refractivity contribution in [1.82, 2.24) is 5.32 Å². The fourth-order valence-electron chi connectivity index (χ4n) is 1.54. The molecular weight excluding hydrogens is 194 g/mol. The highest BCUT2D eigenvalue weighted by Crippen LogP contribution is 2.19. The second-order valence-electron chi connectivity index (χ2n) is 3.47. The molecule has 1 aromatic carbocycles. The molecule has 0 radical (unpaired) electrons. The van der Waals surface area contributed by atoms with E-state index in [0.717, 1.165) is 24.4 Å². The molecular formula is C12H18ClN. The maximum absolute atomic E-state index is 5.95. The summed E-state index contributed by atoms with van der Waals surface area (Å²) >= 11 is 5.95. The van der Waals surface area contributed by atoms with E-state index < -0.39 is 0 Å². The normalized spacial score (nSPS) is 12.8. The average molecular weight is 212 g/mol. The van der Waals surface area contributed by atoms with Gasteiger partial charge in [-0.1, -0.05) is 37.6 Å². The van der Waals surface area contributed by atoms with Crippen molar-refractivity contribution in [2.24, 2.45) is 0 Å². The number of hydrogen-bond donors (Lipinski definition) is 1. The van der Waals surface area contributed by atoms with Crippen LogP contribution in [0.3, 0.4) is 0 Å². The Kier molecular flexibility index (Phi) is 4.99. The average Bonchev–Trinajstić information content (AvgIpc) is 2.19. The lowest BCUT2D eigenvalue weighted by molar-refractivity contribution is 0.518. The van der Waals surface area contributed by atoms with Crippen molar-refractivity contribution < 1.29 is 0 Å².